The maximum Gasteiger partial charge on any atom is 0.407 e. The molecule has 5 rings (SSSR count). The first-order valence-corrected chi connectivity index (χ1v) is 14.8. The molecular formula is C30H42N8O4. The number of nitrogens with zero attached hydrogens (tertiary/aromatic N) is 6. The van der Waals surface area contributed by atoms with Crippen LogP contribution in [0.4, 0.5) is 27.9 Å². The van der Waals surface area contributed by atoms with Crippen LogP contribution in [-0.2, 0) is 9.53 Å². The molecule has 12 heteroatoms. The van der Waals surface area contributed by atoms with Gasteiger partial charge in [-0.25, -0.2) is 9.78 Å². The molecule has 0 saturated carbocycles. The summed E-state index contributed by atoms with van der Waals surface area (Å²) in [6.45, 7) is 9.24. The molecule has 2 saturated heterocycles. The van der Waals surface area contributed by atoms with Gasteiger partial charge in [0.25, 0.3) is 0 Å². The zero-order valence-electron chi connectivity index (χ0n) is 25.1. The van der Waals surface area contributed by atoms with Crippen molar-refractivity contribution in [1.82, 2.24) is 24.4 Å². The molecule has 0 spiro atoms. The number of amides is 2. The van der Waals surface area contributed by atoms with E-state index in [4.69, 9.17) is 19.7 Å². The molecule has 42 heavy (non-hydrogen) atoms. The Labute approximate surface area is 246 Å². The molecule has 2 amide bonds. The number of imidazole rings is 1. The lowest BCUT2D eigenvalue weighted by Gasteiger charge is -2.47. The maximum absolute atomic E-state index is 12.2. The van der Waals surface area contributed by atoms with Crippen molar-refractivity contribution >= 4 is 46.3 Å². The number of benzene rings is 1. The molecule has 2 aliphatic heterocycles. The Balaban J connectivity index is 1.51. The quantitative estimate of drug-likeness (QED) is 0.326. The number of rotatable bonds is 7. The lowest BCUT2D eigenvalue weighted by Crippen LogP contribution is -2.58. The molecule has 2 fully saturated rings. The monoisotopic (exact) mass is 578 g/mol. The minimum absolute atomic E-state index is 0.0381. The highest BCUT2D eigenvalue weighted by atomic mass is 16.5. The Morgan fingerprint density at radius 2 is 1.88 bits per heavy atom. The van der Waals surface area contributed by atoms with Crippen LogP contribution in [0, 0.1) is 5.41 Å². The molecule has 3 N–H and O–H groups in total. The van der Waals surface area contributed by atoms with Gasteiger partial charge < -0.3 is 30.3 Å². The molecule has 4 heterocycles. The zero-order chi connectivity index (χ0) is 30.0. The van der Waals surface area contributed by atoms with E-state index in [-0.39, 0.29) is 29.6 Å². The van der Waals surface area contributed by atoms with E-state index in [9.17, 15) is 14.7 Å². The number of ether oxygens (including phenoxy) is 1. The molecular weight excluding hydrogens is 536 g/mol. The molecule has 2 aromatic heterocycles. The molecule has 2 aliphatic rings. The second kappa shape index (κ2) is 12.1. The lowest BCUT2D eigenvalue weighted by atomic mass is 9.77. The average Bonchev–Trinajstić information content (AvgIpc) is 3.41. The fourth-order valence-corrected chi connectivity index (χ4v) is 6.11. The number of fused-ring (bicyclic) bond motifs is 1. The van der Waals surface area contributed by atoms with E-state index >= 15 is 0 Å². The van der Waals surface area contributed by atoms with Gasteiger partial charge in [-0.05, 0) is 61.8 Å². The highest BCUT2D eigenvalue weighted by Crippen LogP contribution is 2.36. The topological polar surface area (TPSA) is 138 Å². The number of hydrogen-bond donors (Lipinski definition) is 3. The van der Waals surface area contributed by atoms with Gasteiger partial charge in [-0.1, -0.05) is 27.7 Å². The van der Waals surface area contributed by atoms with Crippen LogP contribution in [-0.4, -0.2) is 73.8 Å². The summed E-state index contributed by atoms with van der Waals surface area (Å²) in [7, 11) is 1.76. The molecule has 3 atom stereocenters. The van der Waals surface area contributed by atoms with Gasteiger partial charge in [0.05, 0.1) is 12.4 Å². The Morgan fingerprint density at radius 3 is 2.52 bits per heavy atom. The Bertz CT molecular complexity index is 1410. The van der Waals surface area contributed by atoms with Gasteiger partial charge in [0.15, 0.2) is 17.0 Å². The molecule has 1 aromatic carbocycles. The van der Waals surface area contributed by atoms with Gasteiger partial charge in [0, 0.05) is 44.0 Å². The van der Waals surface area contributed by atoms with Crippen LogP contribution in [0.2, 0.25) is 0 Å². The summed E-state index contributed by atoms with van der Waals surface area (Å²) in [6, 6.07) is 7.11. The second-order valence-corrected chi connectivity index (χ2v) is 12.2. The van der Waals surface area contributed by atoms with E-state index in [2.05, 4.69) is 31.4 Å². The lowest BCUT2D eigenvalue weighted by molar-refractivity contribution is -0.118. The normalized spacial score (nSPS) is 21.3. The van der Waals surface area contributed by atoms with Gasteiger partial charge in [-0.3, -0.25) is 9.36 Å². The number of likely N-dealkylation sites (tertiary alicyclic amines) is 1. The number of nitrogens with one attached hydrogen (secondary N) is 2. The number of anilines is 4. The fourth-order valence-electron chi connectivity index (χ4n) is 6.11. The standard InChI is InChI=1S/C30H42N8O4/c1-6-22(39)36(5)20-14-12-19(13-15-20)32-28-34-26(24-27(35-28)38(18-31-24)23-11-7-8-17-42-23)33-21-10-9-16-37(29(40)41)25(21)30(2,3)4/h12-15,18,21,23,25H,6-11,16-17H2,1-5H3,(H,40,41)(H2,32,33,34,35). The number of carbonyl (C=O) groups is 2. The third kappa shape index (κ3) is 6.13. The van der Waals surface area contributed by atoms with Crippen molar-refractivity contribution in [3.8, 4) is 0 Å². The van der Waals surface area contributed by atoms with Crippen molar-refractivity contribution in [2.24, 2.45) is 5.41 Å². The fraction of sp³-hybridized carbons (Fsp3) is 0.567. The van der Waals surface area contributed by atoms with Gasteiger partial charge in [-0.2, -0.15) is 9.97 Å². The number of carboxylic acid groups (broad SMARTS) is 1. The van der Waals surface area contributed by atoms with E-state index in [1.54, 1.807) is 23.2 Å². The zero-order valence-corrected chi connectivity index (χ0v) is 25.1. The van der Waals surface area contributed by atoms with Crippen molar-refractivity contribution in [2.45, 2.75) is 84.5 Å². The molecule has 3 aromatic rings. The predicted octanol–water partition coefficient (Wildman–Crippen LogP) is 5.61. The minimum Gasteiger partial charge on any atom is -0.465 e. The van der Waals surface area contributed by atoms with Crippen LogP contribution in [0.3, 0.4) is 0 Å². The van der Waals surface area contributed by atoms with Crippen LogP contribution in [0.1, 0.15) is 72.4 Å². The van der Waals surface area contributed by atoms with E-state index in [0.29, 0.717) is 42.5 Å². The van der Waals surface area contributed by atoms with E-state index in [0.717, 1.165) is 43.5 Å². The number of aromatic nitrogens is 4. The molecule has 0 bridgehead atoms. The van der Waals surface area contributed by atoms with E-state index in [1.165, 1.54) is 0 Å². The molecule has 12 nitrogen and oxygen atoms in total. The SMILES string of the molecule is CCC(=O)N(C)c1ccc(Nc2nc(NC3CCCN(C(=O)O)C3C(C)(C)C)c3ncn(C4CCCCO4)c3n2)cc1. The first kappa shape index (κ1) is 29.6. The van der Waals surface area contributed by atoms with Crippen molar-refractivity contribution in [1.29, 1.82) is 0 Å². The number of carbonyl (C=O) groups excluding carboxylic acids is 1. The highest BCUT2D eigenvalue weighted by Gasteiger charge is 2.42. The van der Waals surface area contributed by atoms with E-state index in [1.807, 2.05) is 35.8 Å². The number of piperidine rings is 1. The van der Waals surface area contributed by atoms with Crippen molar-refractivity contribution in [2.75, 3.05) is 35.7 Å². The first-order chi connectivity index (χ1) is 20.1. The molecule has 226 valence electrons. The van der Waals surface area contributed by atoms with Crippen molar-refractivity contribution in [3.63, 3.8) is 0 Å². The molecule has 3 unspecified atom stereocenters. The molecule has 0 radical (unpaired) electrons. The maximum atomic E-state index is 12.2. The summed E-state index contributed by atoms with van der Waals surface area (Å²) in [4.78, 5) is 41.9. The van der Waals surface area contributed by atoms with E-state index < -0.39 is 6.09 Å². The van der Waals surface area contributed by atoms with Crippen molar-refractivity contribution in [3.05, 3.63) is 30.6 Å². The average molecular weight is 579 g/mol. The summed E-state index contributed by atoms with van der Waals surface area (Å²) >= 11 is 0. The van der Waals surface area contributed by atoms with Crippen LogP contribution >= 0.6 is 0 Å². The Morgan fingerprint density at radius 1 is 1.12 bits per heavy atom. The minimum atomic E-state index is -0.912. The summed E-state index contributed by atoms with van der Waals surface area (Å²) in [5.41, 5.74) is 2.53. The van der Waals surface area contributed by atoms with Crippen LogP contribution in [0.15, 0.2) is 30.6 Å². The summed E-state index contributed by atoms with van der Waals surface area (Å²) in [5.74, 6) is 0.969. The van der Waals surface area contributed by atoms with Gasteiger partial charge in [0.2, 0.25) is 11.9 Å². The Kier molecular flexibility index (Phi) is 8.53. The third-order valence-corrected chi connectivity index (χ3v) is 8.16. The predicted molar refractivity (Wildman–Crippen MR) is 162 cm³/mol. The second-order valence-electron chi connectivity index (χ2n) is 12.2. The Hall–Kier alpha value is -3.93. The smallest absolute Gasteiger partial charge is 0.407 e. The van der Waals surface area contributed by atoms with Crippen LogP contribution in [0.25, 0.3) is 11.2 Å². The summed E-state index contributed by atoms with van der Waals surface area (Å²) < 4.78 is 8.03. The van der Waals surface area contributed by atoms with Gasteiger partial charge >= 0.3 is 6.09 Å². The van der Waals surface area contributed by atoms with Gasteiger partial charge in [0.1, 0.15) is 6.23 Å². The third-order valence-electron chi connectivity index (χ3n) is 8.16. The summed E-state index contributed by atoms with van der Waals surface area (Å²) in [6.07, 6.45) is 5.63. The largest absolute Gasteiger partial charge is 0.465 e. The molecule has 0 aliphatic carbocycles. The van der Waals surface area contributed by atoms with Crippen LogP contribution in [0.5, 0.6) is 0 Å². The van der Waals surface area contributed by atoms with Crippen molar-refractivity contribution < 1.29 is 19.4 Å². The van der Waals surface area contributed by atoms with Crippen LogP contribution < -0.4 is 15.5 Å². The number of hydrogen-bond acceptors (Lipinski definition) is 8. The summed E-state index contributed by atoms with van der Waals surface area (Å²) in [5, 5.41) is 16.9. The van der Waals surface area contributed by atoms with Gasteiger partial charge in [-0.15, -0.1) is 0 Å². The first-order valence-electron chi connectivity index (χ1n) is 14.8. The highest BCUT2D eigenvalue weighted by molar-refractivity contribution is 5.92.